The van der Waals surface area contributed by atoms with Crippen LogP contribution in [0.5, 0.6) is 11.5 Å². The zero-order chi connectivity index (χ0) is 13.4. The molecule has 98 valence electrons. The van der Waals surface area contributed by atoms with Gasteiger partial charge in [0.1, 0.15) is 13.2 Å². The maximum atomic E-state index is 11.3. The average molecular weight is 258 g/mol. The SMILES string of the molecule is CC(=O)c1nc(-c2ccc3c(c2)OCCO3)c(C)[nH]1. The molecule has 1 N–H and O–H groups in total. The molecule has 19 heavy (non-hydrogen) atoms. The van der Waals surface area contributed by atoms with Crippen LogP contribution in [0, 0.1) is 6.92 Å². The van der Waals surface area contributed by atoms with Crippen molar-refractivity contribution in [2.75, 3.05) is 13.2 Å². The Bertz CT molecular complexity index is 646. The highest BCUT2D eigenvalue weighted by molar-refractivity contribution is 5.91. The van der Waals surface area contributed by atoms with Crippen molar-refractivity contribution >= 4 is 5.78 Å². The number of hydrogen-bond donors (Lipinski definition) is 1. The summed E-state index contributed by atoms with van der Waals surface area (Å²) in [4.78, 5) is 18.7. The zero-order valence-electron chi connectivity index (χ0n) is 10.8. The number of Topliss-reactive ketones (excluding diaryl/α,β-unsaturated/α-hetero) is 1. The van der Waals surface area contributed by atoms with Crippen LogP contribution in [-0.2, 0) is 0 Å². The highest BCUT2D eigenvalue weighted by Crippen LogP contribution is 2.34. The Balaban J connectivity index is 2.04. The van der Waals surface area contributed by atoms with Gasteiger partial charge >= 0.3 is 0 Å². The molecule has 0 amide bonds. The van der Waals surface area contributed by atoms with Gasteiger partial charge in [-0.1, -0.05) is 0 Å². The zero-order valence-corrected chi connectivity index (χ0v) is 10.8. The van der Waals surface area contributed by atoms with E-state index in [9.17, 15) is 4.79 Å². The first-order valence-corrected chi connectivity index (χ1v) is 6.12. The lowest BCUT2D eigenvalue weighted by atomic mass is 10.1. The quantitative estimate of drug-likeness (QED) is 0.840. The number of nitrogens with zero attached hydrogens (tertiary/aromatic N) is 1. The Labute approximate surface area is 110 Å². The molecular formula is C14H14N2O3. The van der Waals surface area contributed by atoms with Crippen molar-refractivity contribution < 1.29 is 14.3 Å². The van der Waals surface area contributed by atoms with Crippen LogP contribution in [0.3, 0.4) is 0 Å². The summed E-state index contributed by atoms with van der Waals surface area (Å²) in [5.41, 5.74) is 2.54. The van der Waals surface area contributed by atoms with Crippen LogP contribution in [-0.4, -0.2) is 29.0 Å². The molecule has 5 nitrogen and oxygen atoms in total. The van der Waals surface area contributed by atoms with Gasteiger partial charge in [0.05, 0.1) is 5.69 Å². The molecule has 0 saturated heterocycles. The fourth-order valence-corrected chi connectivity index (χ4v) is 2.10. The van der Waals surface area contributed by atoms with Crippen LogP contribution in [0.25, 0.3) is 11.3 Å². The van der Waals surface area contributed by atoms with Crippen LogP contribution >= 0.6 is 0 Å². The molecule has 1 aliphatic heterocycles. The van der Waals surface area contributed by atoms with Crippen molar-refractivity contribution in [3.63, 3.8) is 0 Å². The summed E-state index contributed by atoms with van der Waals surface area (Å²) in [7, 11) is 0. The van der Waals surface area contributed by atoms with E-state index in [1.54, 1.807) is 0 Å². The lowest BCUT2D eigenvalue weighted by Crippen LogP contribution is -2.15. The number of carbonyl (C=O) groups is 1. The third-order valence-corrected chi connectivity index (χ3v) is 3.03. The van der Waals surface area contributed by atoms with Gasteiger partial charge in [0.25, 0.3) is 0 Å². The van der Waals surface area contributed by atoms with Gasteiger partial charge in [-0.05, 0) is 25.1 Å². The summed E-state index contributed by atoms with van der Waals surface area (Å²) in [6.45, 7) is 4.51. The molecular weight excluding hydrogens is 244 g/mol. The number of ether oxygens (including phenoxy) is 2. The number of imidazole rings is 1. The minimum Gasteiger partial charge on any atom is -0.486 e. The van der Waals surface area contributed by atoms with Gasteiger partial charge in [-0.25, -0.2) is 4.98 Å². The number of aromatic amines is 1. The minimum absolute atomic E-state index is 0.0770. The molecule has 2 heterocycles. The molecule has 1 aromatic carbocycles. The van der Waals surface area contributed by atoms with Gasteiger partial charge in [0, 0.05) is 18.2 Å². The van der Waals surface area contributed by atoms with E-state index in [4.69, 9.17) is 9.47 Å². The summed E-state index contributed by atoms with van der Waals surface area (Å²) in [5.74, 6) is 1.76. The molecule has 5 heteroatoms. The maximum absolute atomic E-state index is 11.3. The number of hydrogen-bond acceptors (Lipinski definition) is 4. The van der Waals surface area contributed by atoms with Crippen molar-refractivity contribution in [3.8, 4) is 22.8 Å². The predicted molar refractivity (Wildman–Crippen MR) is 69.8 cm³/mol. The van der Waals surface area contributed by atoms with Crippen molar-refractivity contribution in [2.45, 2.75) is 13.8 Å². The number of carbonyl (C=O) groups excluding carboxylic acids is 1. The largest absolute Gasteiger partial charge is 0.486 e. The van der Waals surface area contributed by atoms with E-state index in [0.29, 0.717) is 19.0 Å². The second kappa shape index (κ2) is 4.42. The van der Waals surface area contributed by atoms with Crippen molar-refractivity contribution in [3.05, 3.63) is 29.7 Å². The molecule has 0 unspecified atom stereocenters. The van der Waals surface area contributed by atoms with Gasteiger partial charge in [-0.15, -0.1) is 0 Å². The van der Waals surface area contributed by atoms with E-state index in [0.717, 1.165) is 28.5 Å². The normalized spacial score (nSPS) is 13.4. The molecule has 0 radical (unpaired) electrons. The van der Waals surface area contributed by atoms with Crippen molar-refractivity contribution in [2.24, 2.45) is 0 Å². The summed E-state index contributed by atoms with van der Waals surface area (Å²) in [6.07, 6.45) is 0. The third-order valence-electron chi connectivity index (χ3n) is 3.03. The number of fused-ring (bicyclic) bond motifs is 1. The molecule has 0 atom stereocenters. The molecule has 0 aliphatic carbocycles. The topological polar surface area (TPSA) is 64.2 Å². The average Bonchev–Trinajstić information content (AvgIpc) is 2.80. The smallest absolute Gasteiger partial charge is 0.195 e. The number of nitrogens with one attached hydrogen (secondary N) is 1. The summed E-state index contributed by atoms with van der Waals surface area (Å²) >= 11 is 0. The van der Waals surface area contributed by atoms with Crippen LogP contribution in [0.1, 0.15) is 23.2 Å². The first kappa shape index (κ1) is 11.8. The van der Waals surface area contributed by atoms with E-state index in [-0.39, 0.29) is 5.78 Å². The van der Waals surface area contributed by atoms with E-state index in [2.05, 4.69) is 9.97 Å². The molecule has 0 bridgehead atoms. The standard InChI is InChI=1S/C14H14N2O3/c1-8-13(16-14(15-8)9(2)17)10-3-4-11-12(7-10)19-6-5-18-11/h3-4,7H,5-6H2,1-2H3,(H,15,16). The summed E-state index contributed by atoms with van der Waals surface area (Å²) < 4.78 is 11.0. The molecule has 1 aromatic heterocycles. The lowest BCUT2D eigenvalue weighted by Gasteiger charge is -2.18. The van der Waals surface area contributed by atoms with Gasteiger partial charge in [0.2, 0.25) is 0 Å². The Hall–Kier alpha value is -2.30. The van der Waals surface area contributed by atoms with Gasteiger partial charge < -0.3 is 14.5 Å². The predicted octanol–water partition coefficient (Wildman–Crippen LogP) is 2.36. The second-order valence-electron chi connectivity index (χ2n) is 4.47. The van der Waals surface area contributed by atoms with Gasteiger partial charge in [0.15, 0.2) is 23.1 Å². The van der Waals surface area contributed by atoms with E-state index in [1.807, 2.05) is 25.1 Å². The molecule has 2 aromatic rings. The fourth-order valence-electron chi connectivity index (χ4n) is 2.10. The lowest BCUT2D eigenvalue weighted by molar-refractivity contribution is 0.100. The van der Waals surface area contributed by atoms with Crippen LogP contribution < -0.4 is 9.47 Å². The number of rotatable bonds is 2. The molecule has 0 spiro atoms. The Morgan fingerprint density at radius 3 is 2.68 bits per heavy atom. The Morgan fingerprint density at radius 2 is 2.00 bits per heavy atom. The molecule has 0 fully saturated rings. The summed E-state index contributed by atoms with van der Waals surface area (Å²) in [5, 5.41) is 0. The maximum Gasteiger partial charge on any atom is 0.195 e. The number of H-pyrrole nitrogens is 1. The number of aryl methyl sites for hydroxylation is 1. The highest BCUT2D eigenvalue weighted by atomic mass is 16.6. The van der Waals surface area contributed by atoms with Crippen LogP contribution in [0.2, 0.25) is 0 Å². The van der Waals surface area contributed by atoms with Crippen LogP contribution in [0.15, 0.2) is 18.2 Å². The first-order valence-electron chi connectivity index (χ1n) is 6.12. The second-order valence-corrected chi connectivity index (χ2v) is 4.47. The molecule has 0 saturated carbocycles. The number of ketones is 1. The monoisotopic (exact) mass is 258 g/mol. The Morgan fingerprint density at radius 1 is 1.26 bits per heavy atom. The number of aromatic nitrogens is 2. The van der Waals surface area contributed by atoms with E-state index < -0.39 is 0 Å². The molecule has 3 rings (SSSR count). The third kappa shape index (κ3) is 2.07. The number of benzene rings is 1. The van der Waals surface area contributed by atoms with Crippen LogP contribution in [0.4, 0.5) is 0 Å². The van der Waals surface area contributed by atoms with Crippen molar-refractivity contribution in [1.82, 2.24) is 9.97 Å². The first-order chi connectivity index (χ1) is 9.15. The fraction of sp³-hybridized carbons (Fsp3) is 0.286. The van der Waals surface area contributed by atoms with Gasteiger partial charge in [-0.2, -0.15) is 0 Å². The Kier molecular flexibility index (Phi) is 2.74. The van der Waals surface area contributed by atoms with E-state index in [1.165, 1.54) is 6.92 Å². The summed E-state index contributed by atoms with van der Waals surface area (Å²) in [6, 6.07) is 5.67. The minimum atomic E-state index is -0.0770. The van der Waals surface area contributed by atoms with E-state index >= 15 is 0 Å². The highest BCUT2D eigenvalue weighted by Gasteiger charge is 2.16. The van der Waals surface area contributed by atoms with Crippen molar-refractivity contribution in [1.29, 1.82) is 0 Å². The molecule has 1 aliphatic rings. The van der Waals surface area contributed by atoms with Gasteiger partial charge in [-0.3, -0.25) is 4.79 Å².